The van der Waals surface area contributed by atoms with Gasteiger partial charge >= 0.3 is 0 Å². The van der Waals surface area contributed by atoms with Gasteiger partial charge in [0.25, 0.3) is 0 Å². The molecule has 0 fully saturated rings. The van der Waals surface area contributed by atoms with Crippen molar-refractivity contribution in [2.45, 2.75) is 19.3 Å². The Morgan fingerprint density at radius 2 is 2.17 bits per heavy atom. The Bertz CT molecular complexity index is 882. The molecule has 1 amide bonds. The number of rotatable bonds is 3. The zero-order valence-electron chi connectivity index (χ0n) is 13.3. The van der Waals surface area contributed by atoms with Gasteiger partial charge in [-0.1, -0.05) is 18.2 Å². The number of aromatic nitrogens is 1. The molecular weight excluding hydrogens is 331 g/mol. The summed E-state index contributed by atoms with van der Waals surface area (Å²) in [6.07, 6.45) is 0. The Morgan fingerprint density at radius 1 is 1.46 bits per heavy atom. The fraction of sp³-hybridized carbons (Fsp3) is 0.222. The molecule has 0 aliphatic carbocycles. The first-order valence-corrected chi connectivity index (χ1v) is 7.71. The van der Waals surface area contributed by atoms with E-state index in [0.717, 1.165) is 5.57 Å². The summed E-state index contributed by atoms with van der Waals surface area (Å²) >= 11 is 5.89. The molecule has 0 spiro atoms. The van der Waals surface area contributed by atoms with Crippen molar-refractivity contribution in [2.24, 2.45) is 5.73 Å². The van der Waals surface area contributed by atoms with Crippen LogP contribution >= 0.6 is 11.6 Å². The van der Waals surface area contributed by atoms with E-state index in [-0.39, 0.29) is 11.6 Å². The second-order valence-electron chi connectivity index (χ2n) is 6.13. The second kappa shape index (κ2) is 5.60. The molecule has 1 atom stereocenters. The predicted octanol–water partition coefficient (Wildman–Crippen LogP) is 3.71. The summed E-state index contributed by atoms with van der Waals surface area (Å²) in [5.41, 5.74) is 7.68. The minimum absolute atomic E-state index is 0.0144. The number of allylic oxidation sites excluding steroid dienone is 1. The molecule has 6 heteroatoms. The first-order chi connectivity index (χ1) is 11.2. The third-order valence-electron chi connectivity index (χ3n) is 4.25. The van der Waals surface area contributed by atoms with Crippen molar-refractivity contribution < 1.29 is 13.9 Å². The molecule has 2 heterocycles. The quantitative estimate of drug-likeness (QED) is 0.921. The SMILES string of the molecule is C=C(C)c1cc2c(c(-c3ccc(F)c(Cl)c3)n1)OC[C@]2(C)C(N)=O. The number of pyridine rings is 1. The molecule has 0 radical (unpaired) electrons. The number of benzene rings is 1. The van der Waals surface area contributed by atoms with Crippen molar-refractivity contribution in [3.63, 3.8) is 0 Å². The molecule has 0 unspecified atom stereocenters. The number of fused-ring (bicyclic) bond motifs is 1. The van der Waals surface area contributed by atoms with Crippen LogP contribution in [-0.2, 0) is 10.2 Å². The van der Waals surface area contributed by atoms with E-state index in [1.54, 1.807) is 19.1 Å². The van der Waals surface area contributed by atoms with Crippen LogP contribution in [0.5, 0.6) is 5.75 Å². The lowest BCUT2D eigenvalue weighted by Gasteiger charge is -2.18. The van der Waals surface area contributed by atoms with Crippen molar-refractivity contribution in [3.05, 3.63) is 52.9 Å². The molecule has 0 bridgehead atoms. The van der Waals surface area contributed by atoms with Crippen LogP contribution < -0.4 is 10.5 Å². The molecule has 124 valence electrons. The minimum atomic E-state index is -0.957. The Balaban J connectivity index is 2.29. The van der Waals surface area contributed by atoms with Gasteiger partial charge in [-0.3, -0.25) is 4.79 Å². The van der Waals surface area contributed by atoms with Crippen LogP contribution in [0.4, 0.5) is 4.39 Å². The number of carbonyl (C=O) groups excluding carboxylic acids is 1. The van der Waals surface area contributed by atoms with Gasteiger partial charge in [-0.05, 0) is 43.7 Å². The Labute approximate surface area is 144 Å². The zero-order valence-corrected chi connectivity index (χ0v) is 14.1. The molecule has 24 heavy (non-hydrogen) atoms. The zero-order chi connectivity index (χ0) is 17.6. The monoisotopic (exact) mass is 346 g/mol. The van der Waals surface area contributed by atoms with Crippen LogP contribution in [0.3, 0.4) is 0 Å². The largest absolute Gasteiger partial charge is 0.489 e. The average Bonchev–Trinajstić information content (AvgIpc) is 2.88. The summed E-state index contributed by atoms with van der Waals surface area (Å²) in [5, 5.41) is -0.0144. The number of primary amides is 1. The van der Waals surface area contributed by atoms with E-state index in [9.17, 15) is 9.18 Å². The topological polar surface area (TPSA) is 65.2 Å². The summed E-state index contributed by atoms with van der Waals surface area (Å²) in [6.45, 7) is 7.57. The minimum Gasteiger partial charge on any atom is -0.489 e. The summed E-state index contributed by atoms with van der Waals surface area (Å²) in [6, 6.07) is 6.08. The maximum Gasteiger partial charge on any atom is 0.231 e. The first-order valence-electron chi connectivity index (χ1n) is 7.33. The van der Waals surface area contributed by atoms with Gasteiger partial charge in [0.15, 0.2) is 0 Å². The van der Waals surface area contributed by atoms with E-state index in [1.807, 2.05) is 6.92 Å². The van der Waals surface area contributed by atoms with Gasteiger partial charge < -0.3 is 10.5 Å². The average molecular weight is 347 g/mol. The lowest BCUT2D eigenvalue weighted by Crippen LogP contribution is -2.39. The van der Waals surface area contributed by atoms with Gasteiger partial charge in [0, 0.05) is 11.1 Å². The standard InChI is InChI=1S/C18H16ClFN2O2/c1-9(2)14-7-11-16(24-8-18(11,3)17(21)23)15(22-14)10-4-5-13(20)12(19)6-10/h4-7H,1,8H2,2-3H3,(H2,21,23)/t18-/m0/s1. The molecule has 4 nitrogen and oxygen atoms in total. The normalized spacial score (nSPS) is 18.8. The number of carbonyl (C=O) groups is 1. The van der Waals surface area contributed by atoms with Crippen LogP contribution in [0, 0.1) is 5.82 Å². The van der Waals surface area contributed by atoms with Crippen LogP contribution in [0.2, 0.25) is 5.02 Å². The second-order valence-corrected chi connectivity index (χ2v) is 6.53. The van der Waals surface area contributed by atoms with Gasteiger partial charge in [-0.25, -0.2) is 9.37 Å². The van der Waals surface area contributed by atoms with Gasteiger partial charge in [-0.15, -0.1) is 0 Å². The van der Waals surface area contributed by atoms with Crippen LogP contribution in [0.25, 0.3) is 16.8 Å². The smallest absolute Gasteiger partial charge is 0.231 e. The molecule has 0 saturated heterocycles. The molecule has 2 aromatic rings. The molecule has 3 rings (SSSR count). The van der Waals surface area contributed by atoms with E-state index < -0.39 is 17.1 Å². The molecule has 1 aliphatic rings. The van der Waals surface area contributed by atoms with E-state index in [4.69, 9.17) is 22.1 Å². The molecule has 1 aromatic heterocycles. The molecular formula is C18H16ClFN2O2. The maximum absolute atomic E-state index is 13.5. The molecule has 1 aliphatic heterocycles. The van der Waals surface area contributed by atoms with Crippen molar-refractivity contribution >= 4 is 23.1 Å². The first kappa shape index (κ1) is 16.5. The lowest BCUT2D eigenvalue weighted by atomic mass is 9.83. The summed E-state index contributed by atoms with van der Waals surface area (Å²) in [5.74, 6) is -0.539. The summed E-state index contributed by atoms with van der Waals surface area (Å²) in [7, 11) is 0. The van der Waals surface area contributed by atoms with E-state index in [2.05, 4.69) is 11.6 Å². The van der Waals surface area contributed by atoms with Crippen molar-refractivity contribution in [1.82, 2.24) is 4.98 Å². The van der Waals surface area contributed by atoms with E-state index in [0.29, 0.717) is 28.3 Å². The highest BCUT2D eigenvalue weighted by Crippen LogP contribution is 2.45. The Morgan fingerprint density at radius 3 is 2.75 bits per heavy atom. The number of nitrogens with two attached hydrogens (primary N) is 1. The highest BCUT2D eigenvalue weighted by molar-refractivity contribution is 6.31. The number of hydrogen-bond donors (Lipinski definition) is 1. The highest BCUT2D eigenvalue weighted by Gasteiger charge is 2.43. The van der Waals surface area contributed by atoms with Crippen LogP contribution in [-0.4, -0.2) is 17.5 Å². The van der Waals surface area contributed by atoms with Crippen LogP contribution in [0.1, 0.15) is 25.1 Å². The third kappa shape index (κ3) is 2.45. The lowest BCUT2D eigenvalue weighted by molar-refractivity contribution is -0.123. The fourth-order valence-electron chi connectivity index (χ4n) is 2.65. The van der Waals surface area contributed by atoms with Crippen LogP contribution in [0.15, 0.2) is 30.8 Å². The molecule has 2 N–H and O–H groups in total. The van der Waals surface area contributed by atoms with Gasteiger partial charge in [0.2, 0.25) is 5.91 Å². The Kier molecular flexibility index (Phi) is 3.84. The Hall–Kier alpha value is -2.40. The maximum atomic E-state index is 13.5. The number of amides is 1. The number of halogens is 2. The fourth-order valence-corrected chi connectivity index (χ4v) is 2.83. The highest BCUT2D eigenvalue weighted by atomic mass is 35.5. The van der Waals surface area contributed by atoms with Gasteiger partial charge in [-0.2, -0.15) is 0 Å². The van der Waals surface area contributed by atoms with Gasteiger partial charge in [0.05, 0.1) is 10.7 Å². The van der Waals surface area contributed by atoms with Gasteiger partial charge in [0.1, 0.15) is 29.3 Å². The van der Waals surface area contributed by atoms with E-state index in [1.165, 1.54) is 12.1 Å². The van der Waals surface area contributed by atoms with Crippen molar-refractivity contribution in [2.75, 3.05) is 6.61 Å². The van der Waals surface area contributed by atoms with E-state index >= 15 is 0 Å². The molecule has 1 aromatic carbocycles. The summed E-state index contributed by atoms with van der Waals surface area (Å²) in [4.78, 5) is 16.5. The summed E-state index contributed by atoms with van der Waals surface area (Å²) < 4.78 is 19.2. The number of ether oxygens (including phenoxy) is 1. The number of nitrogens with zero attached hydrogens (tertiary/aromatic N) is 1. The third-order valence-corrected chi connectivity index (χ3v) is 4.54. The molecule has 0 saturated carbocycles. The number of hydrogen-bond acceptors (Lipinski definition) is 3. The predicted molar refractivity (Wildman–Crippen MR) is 91.4 cm³/mol. The van der Waals surface area contributed by atoms with Crippen molar-refractivity contribution in [3.8, 4) is 17.0 Å². The van der Waals surface area contributed by atoms with Crippen molar-refractivity contribution in [1.29, 1.82) is 0 Å².